The Labute approximate surface area is 221 Å². The summed E-state index contributed by atoms with van der Waals surface area (Å²) in [6.45, 7) is 4.24. The fourth-order valence-corrected chi connectivity index (χ4v) is 4.87. The molecule has 0 atom stereocenters. The van der Waals surface area contributed by atoms with Gasteiger partial charge in [-0.05, 0) is 48.5 Å². The average molecular weight is 532 g/mol. The molecule has 0 amide bonds. The molecule has 0 bridgehead atoms. The number of hydrogen-bond donors (Lipinski definition) is 2. The van der Waals surface area contributed by atoms with Crippen LogP contribution in [0, 0.1) is 11.3 Å². The minimum absolute atomic E-state index is 0.183. The Morgan fingerprint density at radius 1 is 0.872 bits per heavy atom. The first-order valence-corrected chi connectivity index (χ1v) is 12.5. The summed E-state index contributed by atoms with van der Waals surface area (Å²) in [5.41, 5.74) is 4.91. The fourth-order valence-electron chi connectivity index (χ4n) is 4.87. The van der Waals surface area contributed by atoms with Gasteiger partial charge < -0.3 is 19.6 Å². The summed E-state index contributed by atoms with van der Waals surface area (Å²) in [5.74, 6) is 0.0637. The molecule has 198 valence electrons. The van der Waals surface area contributed by atoms with Gasteiger partial charge in [0.15, 0.2) is 0 Å². The van der Waals surface area contributed by atoms with Gasteiger partial charge in [0.2, 0.25) is 5.82 Å². The number of rotatable bonds is 6. The van der Waals surface area contributed by atoms with Crippen molar-refractivity contribution in [3.8, 4) is 23.2 Å². The molecule has 1 aliphatic heterocycles. The number of nitrogens with zero attached hydrogens (tertiary/aromatic N) is 5. The van der Waals surface area contributed by atoms with E-state index in [1.807, 2.05) is 24.3 Å². The van der Waals surface area contributed by atoms with E-state index in [0.29, 0.717) is 30.0 Å². The Hall–Kier alpha value is -4.56. The molecular formula is C28H24F3N7O. The van der Waals surface area contributed by atoms with Crippen molar-refractivity contribution in [3.05, 3.63) is 72.1 Å². The van der Waals surface area contributed by atoms with E-state index in [2.05, 4.69) is 36.9 Å². The number of H-pyrrole nitrogens is 2. The number of nitriles is 1. The minimum atomic E-state index is -4.54. The van der Waals surface area contributed by atoms with Crippen molar-refractivity contribution in [2.45, 2.75) is 6.18 Å². The molecule has 6 rings (SSSR count). The molecule has 0 unspecified atom stereocenters. The summed E-state index contributed by atoms with van der Waals surface area (Å²) in [4.78, 5) is 18.8. The van der Waals surface area contributed by atoms with E-state index >= 15 is 0 Å². The van der Waals surface area contributed by atoms with Gasteiger partial charge in [0.25, 0.3) is 0 Å². The third-order valence-corrected chi connectivity index (χ3v) is 6.90. The average Bonchev–Trinajstić information content (AvgIpc) is 3.59. The quantitative estimate of drug-likeness (QED) is 0.313. The summed E-state index contributed by atoms with van der Waals surface area (Å²) in [7, 11) is 0. The fraction of sp³-hybridized carbons (Fsp3) is 0.250. The van der Waals surface area contributed by atoms with Crippen molar-refractivity contribution < 1.29 is 17.9 Å². The zero-order valence-corrected chi connectivity index (χ0v) is 20.8. The van der Waals surface area contributed by atoms with Crippen LogP contribution < -0.4 is 9.64 Å². The molecule has 3 aromatic carbocycles. The van der Waals surface area contributed by atoms with Crippen molar-refractivity contribution in [3.63, 3.8) is 0 Å². The molecule has 1 fully saturated rings. The van der Waals surface area contributed by atoms with Crippen molar-refractivity contribution in [1.82, 2.24) is 24.8 Å². The van der Waals surface area contributed by atoms with Gasteiger partial charge in [-0.2, -0.15) is 18.4 Å². The molecule has 0 saturated carbocycles. The number of alkyl halides is 3. The number of benzene rings is 3. The highest BCUT2D eigenvalue weighted by Crippen LogP contribution is 2.32. The van der Waals surface area contributed by atoms with Crippen LogP contribution in [0.25, 0.3) is 33.5 Å². The number of anilines is 1. The maximum Gasteiger partial charge on any atom is 0.449 e. The maximum atomic E-state index is 13.0. The molecule has 3 heterocycles. The highest BCUT2D eigenvalue weighted by Gasteiger charge is 2.35. The smallest absolute Gasteiger partial charge is 0.449 e. The molecule has 0 aliphatic carbocycles. The third-order valence-electron chi connectivity index (χ3n) is 6.90. The monoisotopic (exact) mass is 531 g/mol. The lowest BCUT2D eigenvalue weighted by Crippen LogP contribution is -2.47. The van der Waals surface area contributed by atoms with Crippen LogP contribution in [-0.2, 0) is 6.18 Å². The highest BCUT2D eigenvalue weighted by atomic mass is 19.4. The Morgan fingerprint density at radius 2 is 1.59 bits per heavy atom. The molecular weight excluding hydrogens is 507 g/mol. The van der Waals surface area contributed by atoms with E-state index < -0.39 is 12.0 Å². The van der Waals surface area contributed by atoms with Gasteiger partial charge in [0, 0.05) is 38.3 Å². The summed E-state index contributed by atoms with van der Waals surface area (Å²) < 4.78 is 45.0. The summed E-state index contributed by atoms with van der Waals surface area (Å²) >= 11 is 0. The molecule has 2 aromatic heterocycles. The number of piperazine rings is 1. The van der Waals surface area contributed by atoms with E-state index in [1.54, 1.807) is 30.3 Å². The van der Waals surface area contributed by atoms with Crippen LogP contribution in [0.5, 0.6) is 5.75 Å². The Morgan fingerprint density at radius 3 is 2.31 bits per heavy atom. The predicted octanol–water partition coefficient (Wildman–Crippen LogP) is 5.20. The maximum absolute atomic E-state index is 13.0. The standard InChI is InChI=1S/C28H24F3N7O/c29-28(30,31)27-34-21-4-2-6-23(25(21)36-27)39-16-15-37-11-13-38(14-12-37)22-5-1-3-20-24(22)35-26(33-20)19-9-7-18(17-32)8-10-19/h1-10H,11-16H2,(H,33,35)(H,34,36). The highest BCUT2D eigenvalue weighted by molar-refractivity contribution is 5.91. The third kappa shape index (κ3) is 4.98. The molecule has 5 aromatic rings. The molecule has 11 heteroatoms. The molecule has 1 saturated heterocycles. The lowest BCUT2D eigenvalue weighted by molar-refractivity contribution is -0.144. The van der Waals surface area contributed by atoms with Crippen molar-refractivity contribution in [1.29, 1.82) is 5.26 Å². The Bertz CT molecular complexity index is 1660. The molecule has 39 heavy (non-hydrogen) atoms. The second-order valence-corrected chi connectivity index (χ2v) is 9.36. The van der Waals surface area contributed by atoms with Gasteiger partial charge in [-0.15, -0.1) is 0 Å². The summed E-state index contributed by atoms with van der Waals surface area (Å²) in [5, 5.41) is 9.05. The number of halogens is 3. The molecule has 0 radical (unpaired) electrons. The number of aromatic amines is 2. The molecule has 8 nitrogen and oxygen atoms in total. The van der Waals surface area contributed by atoms with Gasteiger partial charge in [-0.25, -0.2) is 9.97 Å². The largest absolute Gasteiger partial charge is 0.490 e. The molecule has 2 N–H and O–H groups in total. The number of ether oxygens (including phenoxy) is 1. The topological polar surface area (TPSA) is 96.9 Å². The van der Waals surface area contributed by atoms with Crippen LogP contribution >= 0.6 is 0 Å². The van der Waals surface area contributed by atoms with Gasteiger partial charge in [-0.3, -0.25) is 4.90 Å². The van der Waals surface area contributed by atoms with Crippen LogP contribution in [0.2, 0.25) is 0 Å². The van der Waals surface area contributed by atoms with E-state index in [9.17, 15) is 13.2 Å². The van der Waals surface area contributed by atoms with Crippen molar-refractivity contribution in [2.24, 2.45) is 0 Å². The zero-order chi connectivity index (χ0) is 27.0. The SMILES string of the molecule is N#Cc1ccc(-c2nc3c(N4CCN(CCOc5cccc6[nH]c(C(F)(F)F)nc56)CC4)cccc3[nH]2)cc1. The Kier molecular flexibility index (Phi) is 6.32. The second-order valence-electron chi connectivity index (χ2n) is 9.36. The van der Waals surface area contributed by atoms with Gasteiger partial charge in [0.05, 0.1) is 28.4 Å². The van der Waals surface area contributed by atoms with Crippen LogP contribution in [0.3, 0.4) is 0 Å². The van der Waals surface area contributed by atoms with Gasteiger partial charge in [-0.1, -0.05) is 12.1 Å². The summed E-state index contributed by atoms with van der Waals surface area (Å²) in [6, 6.07) is 20.4. The normalized spacial score (nSPS) is 14.7. The van der Waals surface area contributed by atoms with Crippen LogP contribution in [0.15, 0.2) is 60.7 Å². The predicted molar refractivity (Wildman–Crippen MR) is 141 cm³/mol. The first-order chi connectivity index (χ1) is 18.9. The van der Waals surface area contributed by atoms with Gasteiger partial charge >= 0.3 is 6.18 Å². The number of imidazole rings is 2. The lowest BCUT2D eigenvalue weighted by Gasteiger charge is -2.36. The van der Waals surface area contributed by atoms with Gasteiger partial charge in [0.1, 0.15) is 29.2 Å². The van der Waals surface area contributed by atoms with Crippen molar-refractivity contribution in [2.75, 3.05) is 44.2 Å². The second kappa shape index (κ2) is 9.96. The first kappa shape index (κ1) is 24.8. The van der Waals surface area contributed by atoms with E-state index in [4.69, 9.17) is 15.0 Å². The van der Waals surface area contributed by atoms with Crippen LogP contribution in [-0.4, -0.2) is 64.2 Å². The Balaban J connectivity index is 1.08. The number of hydrogen-bond acceptors (Lipinski definition) is 6. The molecule has 1 aliphatic rings. The number of nitrogens with one attached hydrogen (secondary N) is 2. The lowest BCUT2D eigenvalue weighted by atomic mass is 10.1. The first-order valence-electron chi connectivity index (χ1n) is 12.5. The zero-order valence-electron chi connectivity index (χ0n) is 20.8. The number of fused-ring (bicyclic) bond motifs is 2. The molecule has 0 spiro atoms. The number of para-hydroxylation sites is 2. The summed E-state index contributed by atoms with van der Waals surface area (Å²) in [6.07, 6.45) is -4.54. The minimum Gasteiger partial charge on any atom is -0.490 e. The van der Waals surface area contributed by atoms with E-state index in [-0.39, 0.29) is 5.52 Å². The van der Waals surface area contributed by atoms with Crippen LogP contribution in [0.1, 0.15) is 11.4 Å². The van der Waals surface area contributed by atoms with Crippen molar-refractivity contribution >= 4 is 27.8 Å². The van der Waals surface area contributed by atoms with E-state index in [0.717, 1.165) is 54.3 Å². The number of aromatic nitrogens is 4. The van der Waals surface area contributed by atoms with Crippen LogP contribution in [0.4, 0.5) is 18.9 Å². The van der Waals surface area contributed by atoms with E-state index in [1.165, 1.54) is 0 Å².